The van der Waals surface area contributed by atoms with Gasteiger partial charge in [-0.05, 0) is 31.5 Å². The summed E-state index contributed by atoms with van der Waals surface area (Å²) >= 11 is 1.21. The Balaban J connectivity index is 1.88. The van der Waals surface area contributed by atoms with Crippen molar-refractivity contribution in [3.63, 3.8) is 0 Å². The molecule has 0 saturated heterocycles. The first kappa shape index (κ1) is 16.6. The molecular weight excluding hydrogens is 316 g/mol. The van der Waals surface area contributed by atoms with E-state index in [0.717, 1.165) is 11.3 Å². The number of rotatable bonds is 6. The van der Waals surface area contributed by atoms with E-state index in [-0.39, 0.29) is 18.1 Å². The minimum Gasteiger partial charge on any atom is -0.376 e. The van der Waals surface area contributed by atoms with Gasteiger partial charge in [-0.1, -0.05) is 12.1 Å². The van der Waals surface area contributed by atoms with Crippen LogP contribution >= 0.6 is 11.3 Å². The van der Waals surface area contributed by atoms with Gasteiger partial charge in [0.05, 0.1) is 27.4 Å². The number of amides is 1. The molecule has 0 aliphatic carbocycles. The van der Waals surface area contributed by atoms with E-state index in [2.05, 4.69) is 15.8 Å². The second-order valence-electron chi connectivity index (χ2n) is 4.88. The fourth-order valence-electron chi connectivity index (χ4n) is 1.79. The van der Waals surface area contributed by atoms with Gasteiger partial charge in [0.1, 0.15) is 0 Å². The fourth-order valence-corrected chi connectivity index (χ4v) is 2.60. The van der Waals surface area contributed by atoms with Crippen molar-refractivity contribution in [1.29, 1.82) is 0 Å². The Bertz CT molecular complexity index is 755. The molecule has 7 nitrogen and oxygen atoms in total. The lowest BCUT2D eigenvalue weighted by atomic mass is 10.2. The van der Waals surface area contributed by atoms with Gasteiger partial charge in [-0.15, -0.1) is 11.3 Å². The number of carbonyl (C=O) groups is 1. The number of benzene rings is 1. The highest BCUT2D eigenvalue weighted by Gasteiger charge is 2.11. The van der Waals surface area contributed by atoms with Crippen LogP contribution in [0.4, 0.5) is 11.4 Å². The summed E-state index contributed by atoms with van der Waals surface area (Å²) in [6.07, 6.45) is 0. The topological polar surface area (TPSA) is 96.6 Å². The molecule has 2 rings (SSSR count). The zero-order chi connectivity index (χ0) is 16.8. The highest BCUT2D eigenvalue weighted by Crippen LogP contribution is 2.21. The van der Waals surface area contributed by atoms with E-state index in [1.807, 2.05) is 31.2 Å². The molecule has 120 valence electrons. The number of nitro groups is 1. The molecule has 0 aliphatic rings. The summed E-state index contributed by atoms with van der Waals surface area (Å²) in [5.74, 6) is -0.295. The molecule has 0 spiro atoms. The van der Waals surface area contributed by atoms with E-state index in [1.54, 1.807) is 6.92 Å². The summed E-state index contributed by atoms with van der Waals surface area (Å²) in [4.78, 5) is 22.6. The van der Waals surface area contributed by atoms with Gasteiger partial charge in [0, 0.05) is 11.8 Å². The van der Waals surface area contributed by atoms with Crippen LogP contribution in [0.5, 0.6) is 0 Å². The van der Waals surface area contributed by atoms with Crippen molar-refractivity contribution < 1.29 is 9.72 Å². The molecule has 8 heteroatoms. The summed E-state index contributed by atoms with van der Waals surface area (Å²) in [5.41, 5.74) is 4.93. The first-order chi connectivity index (χ1) is 11.0. The van der Waals surface area contributed by atoms with Gasteiger partial charge in [-0.2, -0.15) is 5.10 Å². The molecule has 0 aliphatic heterocycles. The van der Waals surface area contributed by atoms with Crippen molar-refractivity contribution in [3.05, 3.63) is 56.3 Å². The van der Waals surface area contributed by atoms with Crippen LogP contribution in [0.3, 0.4) is 0 Å². The molecule has 0 radical (unpaired) electrons. The quantitative estimate of drug-likeness (QED) is 0.483. The number of anilines is 1. The predicted octanol–water partition coefficient (Wildman–Crippen LogP) is 2.92. The maximum Gasteiger partial charge on any atom is 0.280 e. The zero-order valence-corrected chi connectivity index (χ0v) is 13.5. The van der Waals surface area contributed by atoms with Crippen molar-refractivity contribution in [3.8, 4) is 0 Å². The number of nitrogens with one attached hydrogen (secondary N) is 2. The number of hydrazone groups is 1. The van der Waals surface area contributed by atoms with Crippen LogP contribution in [0.15, 0.2) is 40.8 Å². The minimum atomic E-state index is -0.461. The van der Waals surface area contributed by atoms with E-state index >= 15 is 0 Å². The summed E-state index contributed by atoms with van der Waals surface area (Å²) in [5, 5.41) is 19.0. The van der Waals surface area contributed by atoms with Crippen LogP contribution in [0.25, 0.3) is 0 Å². The summed E-state index contributed by atoms with van der Waals surface area (Å²) in [6, 6.07) is 9.12. The molecule has 1 heterocycles. The molecule has 1 aromatic heterocycles. The smallest absolute Gasteiger partial charge is 0.280 e. The van der Waals surface area contributed by atoms with Gasteiger partial charge < -0.3 is 5.32 Å². The second kappa shape index (κ2) is 7.50. The molecule has 2 aromatic rings. The van der Waals surface area contributed by atoms with E-state index in [1.165, 1.54) is 22.8 Å². The van der Waals surface area contributed by atoms with Crippen molar-refractivity contribution in [2.24, 2.45) is 5.10 Å². The Labute approximate surface area is 137 Å². The van der Waals surface area contributed by atoms with Crippen molar-refractivity contribution in [2.45, 2.75) is 13.8 Å². The predicted molar refractivity (Wildman–Crippen MR) is 91.0 cm³/mol. The molecule has 1 aromatic carbocycles. The second-order valence-corrected chi connectivity index (χ2v) is 5.79. The van der Waals surface area contributed by atoms with Crippen molar-refractivity contribution in [1.82, 2.24) is 5.43 Å². The first-order valence-electron chi connectivity index (χ1n) is 6.82. The van der Waals surface area contributed by atoms with E-state index < -0.39 is 4.92 Å². The molecule has 0 unspecified atom stereocenters. The molecule has 0 fully saturated rings. The van der Waals surface area contributed by atoms with Gasteiger partial charge in [-0.3, -0.25) is 14.9 Å². The third-order valence-corrected chi connectivity index (χ3v) is 4.00. The number of thiophene rings is 1. The van der Waals surface area contributed by atoms with Crippen LogP contribution in [0, 0.1) is 17.0 Å². The van der Waals surface area contributed by atoms with Crippen LogP contribution in [-0.4, -0.2) is 23.1 Å². The lowest BCUT2D eigenvalue weighted by molar-refractivity contribution is -0.384. The SMILES string of the molecule is C/C(=N\NC(=O)CNc1cccc(C)c1)c1cc([N+](=O)[O-])cs1. The van der Waals surface area contributed by atoms with Crippen molar-refractivity contribution in [2.75, 3.05) is 11.9 Å². The lowest BCUT2D eigenvalue weighted by Crippen LogP contribution is -2.26. The highest BCUT2D eigenvalue weighted by molar-refractivity contribution is 7.12. The largest absolute Gasteiger partial charge is 0.376 e. The average molecular weight is 332 g/mol. The average Bonchev–Trinajstić information content (AvgIpc) is 3.01. The zero-order valence-electron chi connectivity index (χ0n) is 12.7. The molecule has 0 saturated carbocycles. The van der Waals surface area contributed by atoms with Crippen LogP contribution in [0.1, 0.15) is 17.4 Å². The van der Waals surface area contributed by atoms with Gasteiger partial charge in [-0.25, -0.2) is 5.43 Å². The first-order valence-corrected chi connectivity index (χ1v) is 7.70. The molecular formula is C15H16N4O3S. The van der Waals surface area contributed by atoms with Crippen molar-refractivity contribution >= 4 is 34.3 Å². The van der Waals surface area contributed by atoms with Gasteiger partial charge in [0.2, 0.25) is 0 Å². The monoisotopic (exact) mass is 332 g/mol. The van der Waals surface area contributed by atoms with E-state index in [0.29, 0.717) is 10.6 Å². The fraction of sp³-hybridized carbons (Fsp3) is 0.200. The molecule has 0 bridgehead atoms. The summed E-state index contributed by atoms with van der Waals surface area (Å²) in [7, 11) is 0. The minimum absolute atomic E-state index is 0.0204. The van der Waals surface area contributed by atoms with Gasteiger partial charge >= 0.3 is 0 Å². The number of hydrogen-bond acceptors (Lipinski definition) is 6. The highest BCUT2D eigenvalue weighted by atomic mass is 32.1. The van der Waals surface area contributed by atoms with E-state index in [4.69, 9.17) is 0 Å². The Morgan fingerprint density at radius 2 is 2.17 bits per heavy atom. The molecule has 0 atom stereocenters. The van der Waals surface area contributed by atoms with Gasteiger partial charge in [0.15, 0.2) is 0 Å². The summed E-state index contributed by atoms with van der Waals surface area (Å²) < 4.78 is 0. The normalized spacial score (nSPS) is 11.1. The number of aryl methyl sites for hydroxylation is 1. The van der Waals surface area contributed by atoms with Gasteiger partial charge in [0.25, 0.3) is 11.6 Å². The molecule has 2 N–H and O–H groups in total. The summed E-state index contributed by atoms with van der Waals surface area (Å²) in [6.45, 7) is 3.74. The Morgan fingerprint density at radius 1 is 1.39 bits per heavy atom. The molecule has 1 amide bonds. The number of carbonyl (C=O) groups excluding carboxylic acids is 1. The van der Waals surface area contributed by atoms with E-state index in [9.17, 15) is 14.9 Å². The Morgan fingerprint density at radius 3 is 2.83 bits per heavy atom. The maximum absolute atomic E-state index is 11.8. The van der Waals surface area contributed by atoms with Crippen LogP contribution in [0.2, 0.25) is 0 Å². The standard InChI is InChI=1S/C15H16N4O3S/c1-10-4-3-5-12(6-10)16-8-15(20)18-17-11(2)14-7-13(9-23-14)19(21)22/h3-7,9,16H,8H2,1-2H3,(H,18,20)/b17-11+. The maximum atomic E-state index is 11.8. The Hall–Kier alpha value is -2.74. The van der Waals surface area contributed by atoms with Crippen LogP contribution in [-0.2, 0) is 4.79 Å². The lowest BCUT2D eigenvalue weighted by Gasteiger charge is -2.06. The third kappa shape index (κ3) is 4.89. The Kier molecular flexibility index (Phi) is 5.42. The molecule has 23 heavy (non-hydrogen) atoms. The van der Waals surface area contributed by atoms with Crippen LogP contribution < -0.4 is 10.7 Å². The number of hydrogen-bond donors (Lipinski definition) is 2. The number of nitrogens with zero attached hydrogens (tertiary/aromatic N) is 2. The third-order valence-electron chi connectivity index (χ3n) is 2.97.